The van der Waals surface area contributed by atoms with Crippen molar-refractivity contribution in [2.45, 2.75) is 53.6 Å². The highest BCUT2D eigenvalue weighted by molar-refractivity contribution is 5.79. The van der Waals surface area contributed by atoms with Crippen molar-refractivity contribution in [3.05, 3.63) is 0 Å². The Kier molecular flexibility index (Phi) is 4.99. The smallest absolute Gasteiger partial charge is 0.410 e. The molecule has 0 aromatic rings. The number of carbonyl (C=O) groups is 2. The van der Waals surface area contributed by atoms with Gasteiger partial charge < -0.3 is 9.64 Å². The first-order valence-electron chi connectivity index (χ1n) is 7.10. The monoisotopic (exact) mass is 269 g/mol. The first kappa shape index (κ1) is 16.0. The van der Waals surface area contributed by atoms with E-state index in [4.69, 9.17) is 4.74 Å². The lowest BCUT2D eigenvalue weighted by atomic mass is 9.77. The summed E-state index contributed by atoms with van der Waals surface area (Å²) in [5.41, 5.74) is -0.470. The van der Waals surface area contributed by atoms with Gasteiger partial charge in [0, 0.05) is 19.0 Å². The minimum atomic E-state index is -0.470. The third-order valence-electron chi connectivity index (χ3n) is 3.69. The van der Waals surface area contributed by atoms with Crippen LogP contribution < -0.4 is 0 Å². The molecule has 0 radical (unpaired) electrons. The highest BCUT2D eigenvalue weighted by Crippen LogP contribution is 2.31. The molecule has 1 rings (SSSR count). The summed E-state index contributed by atoms with van der Waals surface area (Å²) in [5.74, 6) is 0.944. The molecule has 110 valence electrons. The molecule has 0 N–H and O–H groups in total. The predicted octanol–water partition coefficient (Wildman–Crippen LogP) is 3.10. The minimum absolute atomic E-state index is 0.0821. The van der Waals surface area contributed by atoms with Crippen LogP contribution >= 0.6 is 0 Å². The second-order valence-corrected chi connectivity index (χ2v) is 6.84. The van der Waals surface area contributed by atoms with Crippen LogP contribution in [0.3, 0.4) is 0 Å². The summed E-state index contributed by atoms with van der Waals surface area (Å²) < 4.78 is 5.40. The Balaban J connectivity index is 2.71. The summed E-state index contributed by atoms with van der Waals surface area (Å²) in [5, 5.41) is 0. The van der Waals surface area contributed by atoms with Gasteiger partial charge in [-0.25, -0.2) is 4.79 Å². The molecule has 1 fully saturated rings. The summed E-state index contributed by atoms with van der Waals surface area (Å²) >= 11 is 0. The van der Waals surface area contributed by atoms with Crippen LogP contribution in [0.5, 0.6) is 0 Å². The van der Waals surface area contributed by atoms with Crippen molar-refractivity contribution in [3.63, 3.8) is 0 Å². The van der Waals surface area contributed by atoms with E-state index < -0.39 is 5.60 Å². The molecule has 0 saturated carbocycles. The average molecular weight is 269 g/mol. The molecular formula is C15H27NO3. The van der Waals surface area contributed by atoms with Crippen molar-refractivity contribution in [2.24, 2.45) is 17.8 Å². The van der Waals surface area contributed by atoms with Crippen molar-refractivity contribution in [1.82, 2.24) is 4.90 Å². The van der Waals surface area contributed by atoms with E-state index in [9.17, 15) is 9.59 Å². The second kappa shape index (κ2) is 5.93. The first-order valence-corrected chi connectivity index (χ1v) is 7.10. The standard InChI is InChI=1S/C15H27NO3/c1-10(2)13-9-16(8-7-12(13)11(3)17)14(18)19-15(4,5)6/h10,12-13H,7-9H2,1-6H3. The lowest BCUT2D eigenvalue weighted by molar-refractivity contribution is -0.125. The van der Waals surface area contributed by atoms with Gasteiger partial charge in [0.25, 0.3) is 0 Å². The zero-order chi connectivity index (χ0) is 14.8. The molecule has 1 amide bonds. The van der Waals surface area contributed by atoms with Gasteiger partial charge >= 0.3 is 6.09 Å². The maximum atomic E-state index is 12.1. The van der Waals surface area contributed by atoms with Crippen LogP contribution in [0.2, 0.25) is 0 Å². The molecule has 19 heavy (non-hydrogen) atoms. The fourth-order valence-electron chi connectivity index (χ4n) is 2.65. The summed E-state index contributed by atoms with van der Waals surface area (Å²) in [6, 6.07) is 0. The molecule has 0 aliphatic carbocycles. The van der Waals surface area contributed by atoms with E-state index in [1.54, 1.807) is 11.8 Å². The quantitative estimate of drug-likeness (QED) is 0.774. The van der Waals surface area contributed by atoms with Gasteiger partial charge in [0.05, 0.1) is 0 Å². The molecule has 1 aliphatic rings. The Morgan fingerprint density at radius 2 is 1.84 bits per heavy atom. The fourth-order valence-corrected chi connectivity index (χ4v) is 2.65. The summed E-state index contributed by atoms with van der Waals surface area (Å²) in [4.78, 5) is 25.5. The lowest BCUT2D eigenvalue weighted by Gasteiger charge is -2.39. The topological polar surface area (TPSA) is 46.6 Å². The molecule has 4 nitrogen and oxygen atoms in total. The van der Waals surface area contributed by atoms with Crippen molar-refractivity contribution in [2.75, 3.05) is 13.1 Å². The maximum Gasteiger partial charge on any atom is 0.410 e. The number of ketones is 1. The molecule has 1 aliphatic heterocycles. The van der Waals surface area contributed by atoms with E-state index in [1.165, 1.54) is 0 Å². The van der Waals surface area contributed by atoms with E-state index >= 15 is 0 Å². The van der Waals surface area contributed by atoms with Crippen molar-refractivity contribution in [1.29, 1.82) is 0 Å². The Morgan fingerprint density at radius 1 is 1.26 bits per heavy atom. The number of likely N-dealkylation sites (tertiary alicyclic amines) is 1. The zero-order valence-corrected chi connectivity index (χ0v) is 13.0. The summed E-state index contributed by atoms with van der Waals surface area (Å²) in [7, 11) is 0. The molecular weight excluding hydrogens is 242 g/mol. The number of nitrogens with zero attached hydrogens (tertiary/aromatic N) is 1. The van der Waals surface area contributed by atoms with Crippen molar-refractivity contribution >= 4 is 11.9 Å². The van der Waals surface area contributed by atoms with Crippen LogP contribution in [-0.4, -0.2) is 35.5 Å². The van der Waals surface area contributed by atoms with Gasteiger partial charge in [0.2, 0.25) is 0 Å². The van der Waals surface area contributed by atoms with E-state index in [1.807, 2.05) is 20.8 Å². The Morgan fingerprint density at radius 3 is 2.26 bits per heavy atom. The largest absolute Gasteiger partial charge is 0.444 e. The highest BCUT2D eigenvalue weighted by Gasteiger charge is 2.36. The van der Waals surface area contributed by atoms with E-state index in [-0.39, 0.29) is 23.7 Å². The number of hydrogen-bond acceptors (Lipinski definition) is 3. The third kappa shape index (κ3) is 4.51. The number of hydrogen-bond donors (Lipinski definition) is 0. The third-order valence-corrected chi connectivity index (χ3v) is 3.69. The highest BCUT2D eigenvalue weighted by atomic mass is 16.6. The molecule has 0 aromatic heterocycles. The number of rotatable bonds is 2. The van der Waals surface area contributed by atoms with Gasteiger partial charge in [0.15, 0.2) is 0 Å². The second-order valence-electron chi connectivity index (χ2n) is 6.84. The van der Waals surface area contributed by atoms with E-state index in [0.29, 0.717) is 19.0 Å². The van der Waals surface area contributed by atoms with Gasteiger partial charge in [-0.2, -0.15) is 0 Å². The van der Waals surface area contributed by atoms with Crippen LogP contribution in [0.25, 0.3) is 0 Å². The Hall–Kier alpha value is -1.06. The number of carbonyl (C=O) groups excluding carboxylic acids is 2. The van der Waals surface area contributed by atoms with Gasteiger partial charge in [-0.05, 0) is 46.0 Å². The summed E-state index contributed by atoms with van der Waals surface area (Å²) in [6.45, 7) is 12.7. The van der Waals surface area contributed by atoms with Crippen LogP contribution in [0.15, 0.2) is 0 Å². The van der Waals surface area contributed by atoms with E-state index in [0.717, 1.165) is 6.42 Å². The van der Waals surface area contributed by atoms with Crippen LogP contribution in [0, 0.1) is 17.8 Å². The van der Waals surface area contributed by atoms with Crippen molar-refractivity contribution in [3.8, 4) is 0 Å². The maximum absolute atomic E-state index is 12.1. The predicted molar refractivity (Wildman–Crippen MR) is 74.9 cm³/mol. The lowest BCUT2D eigenvalue weighted by Crippen LogP contribution is -2.48. The molecule has 0 aromatic carbocycles. The van der Waals surface area contributed by atoms with Gasteiger partial charge in [0.1, 0.15) is 11.4 Å². The van der Waals surface area contributed by atoms with Crippen LogP contribution in [0.4, 0.5) is 4.79 Å². The number of piperidine rings is 1. The van der Waals surface area contributed by atoms with Crippen LogP contribution in [-0.2, 0) is 9.53 Å². The zero-order valence-electron chi connectivity index (χ0n) is 13.0. The SMILES string of the molecule is CC(=O)C1CCN(C(=O)OC(C)(C)C)CC1C(C)C. The Labute approximate surface area is 116 Å². The van der Waals surface area contributed by atoms with Gasteiger partial charge in [-0.1, -0.05) is 13.8 Å². The minimum Gasteiger partial charge on any atom is -0.444 e. The van der Waals surface area contributed by atoms with Crippen molar-refractivity contribution < 1.29 is 14.3 Å². The number of ether oxygens (including phenoxy) is 1. The molecule has 0 spiro atoms. The van der Waals surface area contributed by atoms with Gasteiger partial charge in [-0.3, -0.25) is 4.79 Å². The van der Waals surface area contributed by atoms with Gasteiger partial charge in [-0.15, -0.1) is 0 Å². The molecule has 1 heterocycles. The molecule has 2 unspecified atom stereocenters. The molecule has 2 atom stereocenters. The van der Waals surface area contributed by atoms with Crippen LogP contribution in [0.1, 0.15) is 48.0 Å². The molecule has 0 bridgehead atoms. The Bertz CT molecular complexity index is 344. The van der Waals surface area contributed by atoms with E-state index in [2.05, 4.69) is 13.8 Å². The molecule has 4 heteroatoms. The fraction of sp³-hybridized carbons (Fsp3) is 0.867. The number of amides is 1. The average Bonchev–Trinajstić information content (AvgIpc) is 2.25. The number of Topliss-reactive ketones (excluding diaryl/α,β-unsaturated/α-hetero) is 1. The molecule has 1 saturated heterocycles. The summed E-state index contributed by atoms with van der Waals surface area (Å²) in [6.07, 6.45) is 0.484. The first-order chi connectivity index (χ1) is 8.61. The normalized spacial score (nSPS) is 24.5.